The summed E-state index contributed by atoms with van der Waals surface area (Å²) in [6.07, 6.45) is 5.73. The molecule has 0 bridgehead atoms. The first-order valence-corrected chi connectivity index (χ1v) is 8.95. The van der Waals surface area contributed by atoms with E-state index in [0.29, 0.717) is 11.9 Å². The second kappa shape index (κ2) is 7.21. The van der Waals surface area contributed by atoms with E-state index in [9.17, 15) is 0 Å². The Morgan fingerprint density at radius 3 is 2.41 bits per heavy atom. The number of hydrogen-bond donors (Lipinski definition) is 0. The molecule has 0 saturated heterocycles. The lowest BCUT2D eigenvalue weighted by Gasteiger charge is -2.22. The molecular formula is C22H15B4Cl. The van der Waals surface area contributed by atoms with Gasteiger partial charge in [-0.15, -0.1) is 22.8 Å². The van der Waals surface area contributed by atoms with E-state index in [1.165, 1.54) is 11.1 Å². The minimum atomic E-state index is -0.150. The molecule has 0 aromatic heterocycles. The highest BCUT2D eigenvalue weighted by atomic mass is 35.5. The molecule has 0 fully saturated rings. The fourth-order valence-electron chi connectivity index (χ4n) is 3.68. The van der Waals surface area contributed by atoms with Crippen molar-refractivity contribution in [1.29, 1.82) is 0 Å². The van der Waals surface area contributed by atoms with Crippen molar-refractivity contribution in [3.8, 4) is 23.5 Å². The van der Waals surface area contributed by atoms with Gasteiger partial charge in [0.25, 0.3) is 0 Å². The van der Waals surface area contributed by atoms with Crippen LogP contribution in [0.25, 0.3) is 11.1 Å². The minimum absolute atomic E-state index is 0.0786. The molecule has 0 saturated carbocycles. The molecule has 0 amide bonds. The number of allylic oxidation sites excluding steroid dienone is 4. The van der Waals surface area contributed by atoms with E-state index in [1.807, 2.05) is 24.3 Å². The van der Waals surface area contributed by atoms with Gasteiger partial charge in [-0.3, -0.25) is 0 Å². The zero-order valence-electron chi connectivity index (χ0n) is 15.4. The third kappa shape index (κ3) is 3.35. The van der Waals surface area contributed by atoms with E-state index in [-0.39, 0.29) is 21.8 Å². The maximum atomic E-state index is 6.25. The van der Waals surface area contributed by atoms with E-state index in [2.05, 4.69) is 31.9 Å². The number of halogens is 1. The maximum absolute atomic E-state index is 6.25. The molecule has 1 aliphatic carbocycles. The van der Waals surface area contributed by atoms with Crippen LogP contribution in [0.1, 0.15) is 30.5 Å². The van der Waals surface area contributed by atoms with Crippen molar-refractivity contribution in [2.24, 2.45) is 0 Å². The summed E-state index contributed by atoms with van der Waals surface area (Å²) in [6, 6.07) is 12.2. The molecule has 0 heterocycles. The molecule has 1 aliphatic rings. The van der Waals surface area contributed by atoms with Crippen LogP contribution in [-0.2, 0) is 11.8 Å². The molecule has 0 spiro atoms. The lowest BCUT2D eigenvalue weighted by molar-refractivity contribution is 0.660. The van der Waals surface area contributed by atoms with Crippen LogP contribution >= 0.6 is 11.6 Å². The summed E-state index contributed by atoms with van der Waals surface area (Å²) in [5, 5.41) is 0.725. The van der Waals surface area contributed by atoms with E-state index in [1.54, 1.807) is 0 Å². The third-order valence-electron chi connectivity index (χ3n) is 5.21. The average Bonchev–Trinajstić information content (AvgIpc) is 2.88. The predicted molar refractivity (Wildman–Crippen MR) is 119 cm³/mol. The van der Waals surface area contributed by atoms with E-state index >= 15 is 0 Å². The Morgan fingerprint density at radius 2 is 1.74 bits per heavy atom. The molecule has 2 aromatic carbocycles. The fraction of sp³-hybridized carbons (Fsp3) is 0.182. The predicted octanol–water partition coefficient (Wildman–Crippen LogP) is 3.92. The molecule has 2 aromatic rings. The zero-order chi connectivity index (χ0) is 19.9. The summed E-state index contributed by atoms with van der Waals surface area (Å²) in [6.45, 7) is 4.39. The van der Waals surface area contributed by atoms with Gasteiger partial charge in [0.2, 0.25) is 0 Å². The molecule has 3 rings (SSSR count). The first-order chi connectivity index (χ1) is 12.7. The smallest absolute Gasteiger partial charge is 0.121 e. The summed E-state index contributed by atoms with van der Waals surface area (Å²) < 4.78 is 0. The van der Waals surface area contributed by atoms with Crippen LogP contribution in [0.2, 0.25) is 5.02 Å². The second-order valence-corrected chi connectivity index (χ2v) is 7.68. The summed E-state index contributed by atoms with van der Waals surface area (Å²) in [5.74, 6) is 2.29. The van der Waals surface area contributed by atoms with Crippen LogP contribution in [0.3, 0.4) is 0 Å². The largest absolute Gasteiger partial charge is 0.125 e. The van der Waals surface area contributed by atoms with Gasteiger partial charge in [-0.25, -0.2) is 0 Å². The van der Waals surface area contributed by atoms with Crippen LogP contribution in [0.4, 0.5) is 0 Å². The number of fused-ring (bicyclic) bond motifs is 3. The van der Waals surface area contributed by atoms with Gasteiger partial charge < -0.3 is 0 Å². The lowest BCUT2D eigenvalue weighted by atomic mass is 9.65. The summed E-state index contributed by atoms with van der Waals surface area (Å²) >= 11 is 6.25. The van der Waals surface area contributed by atoms with Gasteiger partial charge in [0.1, 0.15) is 31.4 Å². The molecule has 0 atom stereocenters. The van der Waals surface area contributed by atoms with Gasteiger partial charge >= 0.3 is 0 Å². The van der Waals surface area contributed by atoms with Crippen LogP contribution in [0, 0.1) is 12.3 Å². The maximum Gasteiger partial charge on any atom is 0.125 e. The van der Waals surface area contributed by atoms with Gasteiger partial charge in [0.05, 0.1) is 0 Å². The van der Waals surface area contributed by atoms with E-state index in [4.69, 9.17) is 49.4 Å². The summed E-state index contributed by atoms with van der Waals surface area (Å²) in [4.78, 5) is 0. The highest BCUT2D eigenvalue weighted by Crippen LogP contribution is 2.50. The lowest BCUT2D eigenvalue weighted by Crippen LogP contribution is -2.15. The van der Waals surface area contributed by atoms with Crippen molar-refractivity contribution < 1.29 is 0 Å². The third-order valence-corrected chi connectivity index (χ3v) is 5.45. The van der Waals surface area contributed by atoms with Crippen LogP contribution in [-0.4, -0.2) is 31.4 Å². The average molecular weight is 358 g/mol. The number of terminal acetylenes is 1. The summed E-state index contributed by atoms with van der Waals surface area (Å²) in [7, 11) is 23.9. The van der Waals surface area contributed by atoms with Crippen molar-refractivity contribution >= 4 is 43.0 Å². The topological polar surface area (TPSA) is 0 Å². The normalized spacial score (nSPS) is 15.9. The number of rotatable bonds is 3. The molecule has 8 radical (unpaired) electrons. The van der Waals surface area contributed by atoms with E-state index < -0.39 is 0 Å². The highest BCUT2D eigenvalue weighted by molar-refractivity contribution is 6.44. The van der Waals surface area contributed by atoms with Gasteiger partial charge in [0, 0.05) is 10.4 Å². The van der Waals surface area contributed by atoms with Gasteiger partial charge in [-0.2, -0.15) is 0 Å². The van der Waals surface area contributed by atoms with Crippen molar-refractivity contribution in [3.63, 3.8) is 0 Å². The van der Waals surface area contributed by atoms with Crippen LogP contribution < -0.4 is 0 Å². The standard InChI is InChI=1S/C22H15B4Cl/c1-4-17(23)20(25)21(26)18(24)10-12-6-5-7-15-19(12)14-9-8-13(27)11-16(14)22(15,2)3/h1,5-9,11H,10H2,2-3H3/b20-17-,21-18-. The Kier molecular flexibility index (Phi) is 5.29. The molecule has 5 heteroatoms. The minimum Gasteiger partial charge on any atom is -0.121 e. The van der Waals surface area contributed by atoms with Crippen molar-refractivity contribution in [3.05, 3.63) is 80.0 Å². The Morgan fingerprint density at radius 1 is 1.04 bits per heavy atom. The monoisotopic (exact) mass is 358 g/mol. The quantitative estimate of drug-likeness (QED) is 0.443. The SMILES string of the molecule is [B]/C(C#C)=C([B])/C([B])=C(/[B])Cc1cccc2c1-c1ccc(Cl)cc1C2(C)C. The number of benzene rings is 2. The van der Waals surface area contributed by atoms with Crippen molar-refractivity contribution in [1.82, 2.24) is 0 Å². The Hall–Kier alpha value is -1.97. The Labute approximate surface area is 172 Å². The molecule has 122 valence electrons. The summed E-state index contributed by atoms with van der Waals surface area (Å²) in [5.41, 5.74) is 6.53. The molecule has 0 unspecified atom stereocenters. The van der Waals surface area contributed by atoms with E-state index in [0.717, 1.165) is 21.7 Å². The molecule has 0 N–H and O–H groups in total. The van der Waals surface area contributed by atoms with Gasteiger partial charge in [0.15, 0.2) is 0 Å². The Bertz CT molecular complexity index is 1040. The van der Waals surface area contributed by atoms with Gasteiger partial charge in [-0.1, -0.05) is 61.1 Å². The first kappa shape index (κ1) is 19.8. The number of hydrogen-bond acceptors (Lipinski definition) is 0. The first-order valence-electron chi connectivity index (χ1n) is 8.57. The van der Waals surface area contributed by atoms with Crippen molar-refractivity contribution in [2.45, 2.75) is 25.7 Å². The highest BCUT2D eigenvalue weighted by Gasteiger charge is 2.36. The zero-order valence-corrected chi connectivity index (χ0v) is 16.2. The second-order valence-electron chi connectivity index (χ2n) is 7.24. The van der Waals surface area contributed by atoms with Gasteiger partial charge in [-0.05, 0) is 46.4 Å². The Balaban J connectivity index is 2.14. The molecule has 0 aliphatic heterocycles. The van der Waals surface area contributed by atoms with Crippen molar-refractivity contribution in [2.75, 3.05) is 0 Å². The fourth-order valence-corrected chi connectivity index (χ4v) is 3.85. The molecule has 27 heavy (non-hydrogen) atoms. The molecular weight excluding hydrogens is 343 g/mol. The molecule has 0 nitrogen and oxygen atoms in total. The van der Waals surface area contributed by atoms with Crippen LogP contribution in [0.15, 0.2) is 58.3 Å². The van der Waals surface area contributed by atoms with Crippen LogP contribution in [0.5, 0.6) is 0 Å².